The number of aromatic hydroxyl groups is 1. The number of nitrogens with zero attached hydrogens (tertiary/aromatic N) is 1. The molecule has 0 atom stereocenters. The lowest BCUT2D eigenvalue weighted by Gasteiger charge is -2.21. The number of hydrogen-bond donors (Lipinski definition) is 1. The zero-order valence-corrected chi connectivity index (χ0v) is 11.1. The molecule has 0 aromatic heterocycles. The Labute approximate surface area is 116 Å². The molecule has 1 N–H and O–H groups in total. The summed E-state index contributed by atoms with van der Waals surface area (Å²) in [4.78, 5) is 25.9. The van der Waals surface area contributed by atoms with Crippen molar-refractivity contribution < 1.29 is 14.7 Å². The molecule has 1 aliphatic carbocycles. The van der Waals surface area contributed by atoms with Crippen LogP contribution in [0, 0.1) is 5.41 Å². The van der Waals surface area contributed by atoms with Crippen LogP contribution in [0.4, 0.5) is 5.69 Å². The summed E-state index contributed by atoms with van der Waals surface area (Å²) >= 11 is 5.84. The number of carbonyl (C=O) groups is 2. The average molecular weight is 280 g/mol. The summed E-state index contributed by atoms with van der Waals surface area (Å²) in [6.07, 6.45) is 3.89. The van der Waals surface area contributed by atoms with Gasteiger partial charge in [0.1, 0.15) is 5.75 Å². The highest BCUT2D eigenvalue weighted by atomic mass is 35.5. The highest BCUT2D eigenvalue weighted by molar-refractivity contribution is 6.32. The van der Waals surface area contributed by atoms with Crippen molar-refractivity contribution >= 4 is 29.1 Å². The third kappa shape index (κ3) is 1.82. The van der Waals surface area contributed by atoms with E-state index in [1.54, 1.807) is 6.07 Å². The maximum Gasteiger partial charge on any atom is 0.240 e. The second kappa shape index (κ2) is 4.23. The Morgan fingerprint density at radius 1 is 1.21 bits per heavy atom. The number of halogens is 1. The Morgan fingerprint density at radius 2 is 1.89 bits per heavy atom. The van der Waals surface area contributed by atoms with Gasteiger partial charge in [0.15, 0.2) is 0 Å². The number of carbonyl (C=O) groups excluding carboxylic acids is 2. The van der Waals surface area contributed by atoms with E-state index < -0.39 is 5.41 Å². The van der Waals surface area contributed by atoms with Crippen molar-refractivity contribution in [2.45, 2.75) is 32.1 Å². The summed E-state index contributed by atoms with van der Waals surface area (Å²) in [6, 6.07) is 4.41. The molecule has 0 unspecified atom stereocenters. The van der Waals surface area contributed by atoms with Crippen molar-refractivity contribution in [1.29, 1.82) is 0 Å². The quantitative estimate of drug-likeness (QED) is 0.804. The maximum atomic E-state index is 12.5. The highest BCUT2D eigenvalue weighted by Crippen LogP contribution is 2.48. The van der Waals surface area contributed by atoms with E-state index in [0.717, 1.165) is 25.7 Å². The monoisotopic (exact) mass is 279 g/mol. The predicted octanol–water partition coefficient (Wildman–Crippen LogP) is 2.87. The summed E-state index contributed by atoms with van der Waals surface area (Å²) in [7, 11) is 0. The zero-order valence-electron chi connectivity index (χ0n) is 10.4. The molecule has 1 heterocycles. The lowest BCUT2D eigenvalue weighted by molar-refractivity contribution is -0.125. The minimum atomic E-state index is -0.485. The topological polar surface area (TPSA) is 57.6 Å². The van der Waals surface area contributed by atoms with Crippen molar-refractivity contribution in [3.63, 3.8) is 0 Å². The summed E-state index contributed by atoms with van der Waals surface area (Å²) in [5.41, 5.74) is -0.0388. The normalized spacial score (nSPS) is 21.6. The summed E-state index contributed by atoms with van der Waals surface area (Å²) in [6.45, 7) is 0. The van der Waals surface area contributed by atoms with E-state index >= 15 is 0 Å². The predicted molar refractivity (Wildman–Crippen MR) is 71.1 cm³/mol. The first-order chi connectivity index (χ1) is 9.03. The lowest BCUT2D eigenvalue weighted by atomic mass is 9.84. The second-order valence-electron chi connectivity index (χ2n) is 5.33. The van der Waals surface area contributed by atoms with Gasteiger partial charge in [-0.05, 0) is 31.0 Å². The molecule has 2 aliphatic rings. The van der Waals surface area contributed by atoms with Crippen molar-refractivity contribution in [1.82, 2.24) is 0 Å². The number of anilines is 1. The molecule has 3 rings (SSSR count). The molecule has 2 amide bonds. The van der Waals surface area contributed by atoms with Crippen molar-refractivity contribution in [2.75, 3.05) is 4.90 Å². The van der Waals surface area contributed by atoms with Crippen LogP contribution in [0.15, 0.2) is 18.2 Å². The van der Waals surface area contributed by atoms with Crippen LogP contribution in [-0.4, -0.2) is 16.9 Å². The van der Waals surface area contributed by atoms with E-state index in [4.69, 9.17) is 11.6 Å². The van der Waals surface area contributed by atoms with Gasteiger partial charge in [0, 0.05) is 6.42 Å². The number of imide groups is 1. The molecule has 0 bridgehead atoms. The van der Waals surface area contributed by atoms with Crippen LogP contribution in [0.1, 0.15) is 32.1 Å². The minimum Gasteiger partial charge on any atom is -0.506 e. The van der Waals surface area contributed by atoms with Crippen molar-refractivity contribution in [3.05, 3.63) is 23.2 Å². The Kier molecular flexibility index (Phi) is 2.78. The van der Waals surface area contributed by atoms with Crippen LogP contribution in [0.25, 0.3) is 0 Å². The van der Waals surface area contributed by atoms with Gasteiger partial charge in [-0.2, -0.15) is 0 Å². The maximum absolute atomic E-state index is 12.5. The van der Waals surface area contributed by atoms with Gasteiger partial charge in [0.2, 0.25) is 11.8 Å². The fourth-order valence-corrected chi connectivity index (χ4v) is 3.31. The largest absolute Gasteiger partial charge is 0.506 e. The number of phenolic OH excluding ortho intramolecular Hbond substituents is 1. The molecule has 1 aromatic carbocycles. The van der Waals surface area contributed by atoms with Gasteiger partial charge in [0.25, 0.3) is 0 Å². The Bertz CT molecular complexity index is 564. The lowest BCUT2D eigenvalue weighted by Crippen LogP contribution is -2.34. The zero-order chi connectivity index (χ0) is 13.6. The summed E-state index contributed by atoms with van der Waals surface area (Å²) in [5, 5.41) is 9.55. The van der Waals surface area contributed by atoms with Gasteiger partial charge in [-0.3, -0.25) is 9.59 Å². The first kappa shape index (κ1) is 12.5. The molecular formula is C14H14ClNO3. The number of rotatable bonds is 1. The Balaban J connectivity index is 1.98. The number of phenols is 1. The van der Waals surface area contributed by atoms with Crippen LogP contribution < -0.4 is 4.90 Å². The molecule has 0 radical (unpaired) electrons. The molecule has 1 saturated carbocycles. The average Bonchev–Trinajstić information content (AvgIpc) is 2.91. The molecule has 5 heteroatoms. The molecular weight excluding hydrogens is 266 g/mol. The van der Waals surface area contributed by atoms with E-state index in [-0.39, 0.29) is 22.6 Å². The molecule has 1 saturated heterocycles. The number of amides is 2. The summed E-state index contributed by atoms with van der Waals surface area (Å²) < 4.78 is 0. The molecule has 100 valence electrons. The molecule has 19 heavy (non-hydrogen) atoms. The van der Waals surface area contributed by atoms with Crippen molar-refractivity contribution in [2.24, 2.45) is 5.41 Å². The van der Waals surface area contributed by atoms with Gasteiger partial charge < -0.3 is 5.11 Å². The van der Waals surface area contributed by atoms with E-state index in [1.165, 1.54) is 17.0 Å². The van der Waals surface area contributed by atoms with E-state index in [9.17, 15) is 14.7 Å². The Hall–Kier alpha value is -1.55. The van der Waals surface area contributed by atoms with Gasteiger partial charge in [0.05, 0.1) is 16.1 Å². The van der Waals surface area contributed by atoms with E-state index in [0.29, 0.717) is 12.1 Å². The third-order valence-corrected chi connectivity index (χ3v) is 4.45. The van der Waals surface area contributed by atoms with Crippen LogP contribution in [0.2, 0.25) is 5.02 Å². The highest BCUT2D eigenvalue weighted by Gasteiger charge is 2.53. The first-order valence-corrected chi connectivity index (χ1v) is 6.77. The van der Waals surface area contributed by atoms with Gasteiger partial charge in [-0.1, -0.05) is 24.4 Å². The minimum absolute atomic E-state index is 0.0555. The molecule has 1 aliphatic heterocycles. The standard InChI is InChI=1S/C14H14ClNO3/c15-10-7-9(3-4-11(10)17)16-12(18)8-14(13(16)19)5-1-2-6-14/h3-4,7,17H,1-2,5-6,8H2. The van der Waals surface area contributed by atoms with Crippen LogP contribution >= 0.6 is 11.6 Å². The van der Waals surface area contributed by atoms with Crippen LogP contribution in [0.5, 0.6) is 5.75 Å². The molecule has 2 fully saturated rings. The van der Waals surface area contributed by atoms with Gasteiger partial charge >= 0.3 is 0 Å². The second-order valence-corrected chi connectivity index (χ2v) is 5.74. The smallest absolute Gasteiger partial charge is 0.240 e. The number of benzene rings is 1. The summed E-state index contributed by atoms with van der Waals surface area (Å²) in [5.74, 6) is -0.342. The molecule has 4 nitrogen and oxygen atoms in total. The van der Waals surface area contributed by atoms with E-state index in [2.05, 4.69) is 0 Å². The first-order valence-electron chi connectivity index (χ1n) is 6.39. The van der Waals surface area contributed by atoms with E-state index in [1.807, 2.05) is 0 Å². The third-order valence-electron chi connectivity index (χ3n) is 4.15. The fourth-order valence-electron chi connectivity index (χ4n) is 3.13. The fraction of sp³-hybridized carbons (Fsp3) is 0.429. The molecule has 1 aromatic rings. The SMILES string of the molecule is O=C1CC2(CCCC2)C(=O)N1c1ccc(O)c(Cl)c1. The van der Waals surface area contributed by atoms with Gasteiger partial charge in [-0.15, -0.1) is 0 Å². The number of hydrogen-bond acceptors (Lipinski definition) is 3. The van der Waals surface area contributed by atoms with Crippen LogP contribution in [0.3, 0.4) is 0 Å². The van der Waals surface area contributed by atoms with Gasteiger partial charge in [-0.25, -0.2) is 4.90 Å². The molecule has 1 spiro atoms. The van der Waals surface area contributed by atoms with Crippen LogP contribution in [-0.2, 0) is 9.59 Å². The Morgan fingerprint density at radius 3 is 2.53 bits per heavy atom. The van der Waals surface area contributed by atoms with Crippen molar-refractivity contribution in [3.8, 4) is 5.75 Å².